The molecule has 0 radical (unpaired) electrons. The van der Waals surface area contributed by atoms with E-state index in [2.05, 4.69) is 49.3 Å². The number of hydrogen-bond donors (Lipinski definition) is 1. The number of nitrogens with one attached hydrogen (secondary N) is 1. The summed E-state index contributed by atoms with van der Waals surface area (Å²) in [6.07, 6.45) is 11.5. The Hall–Kier alpha value is -1.44. The smallest absolute Gasteiger partial charge is 0.0321 e. The van der Waals surface area contributed by atoms with Crippen LogP contribution in [0.2, 0.25) is 0 Å². The molecule has 2 heteroatoms. The first kappa shape index (κ1) is 12.6. The van der Waals surface area contributed by atoms with Gasteiger partial charge in [0, 0.05) is 25.0 Å². The number of hydrogen-bond acceptors (Lipinski definition) is 2. The van der Waals surface area contributed by atoms with Crippen molar-refractivity contribution in [3.05, 3.63) is 50.0 Å². The van der Waals surface area contributed by atoms with Gasteiger partial charge >= 0.3 is 0 Å². The van der Waals surface area contributed by atoms with Gasteiger partial charge in [-0.2, -0.15) is 0 Å². The molecule has 0 amide bonds. The molecule has 16 heavy (non-hydrogen) atoms. The molecular weight excluding hydrogens is 196 g/mol. The van der Waals surface area contributed by atoms with E-state index < -0.39 is 0 Å². The molecule has 2 nitrogen and oxygen atoms in total. The molecule has 1 N–H and O–H groups in total. The Morgan fingerprint density at radius 1 is 1.38 bits per heavy atom. The summed E-state index contributed by atoms with van der Waals surface area (Å²) in [6, 6.07) is 0.635. The molecule has 1 aliphatic carbocycles. The van der Waals surface area contributed by atoms with Crippen LogP contribution < -0.4 is 5.32 Å². The van der Waals surface area contributed by atoms with Gasteiger partial charge in [0.05, 0.1) is 0 Å². The summed E-state index contributed by atoms with van der Waals surface area (Å²) in [6.45, 7) is 11.3. The van der Waals surface area contributed by atoms with Gasteiger partial charge in [-0.25, -0.2) is 0 Å². The maximum Gasteiger partial charge on any atom is 0.0321 e. The molecule has 2 unspecified atom stereocenters. The molecule has 0 aromatic rings. The second-order valence-corrected chi connectivity index (χ2v) is 4.32. The summed E-state index contributed by atoms with van der Waals surface area (Å²) in [4.78, 5) is 2.26. The van der Waals surface area contributed by atoms with E-state index in [1.54, 1.807) is 6.20 Å². The van der Waals surface area contributed by atoms with Crippen molar-refractivity contribution in [1.29, 1.82) is 0 Å². The fourth-order valence-corrected chi connectivity index (χ4v) is 2.08. The van der Waals surface area contributed by atoms with Gasteiger partial charge in [0.25, 0.3) is 0 Å². The highest BCUT2D eigenvalue weighted by molar-refractivity contribution is 5.13. The van der Waals surface area contributed by atoms with Gasteiger partial charge in [0.2, 0.25) is 0 Å². The number of rotatable bonds is 6. The van der Waals surface area contributed by atoms with Crippen molar-refractivity contribution in [1.82, 2.24) is 10.2 Å². The zero-order chi connectivity index (χ0) is 12.0. The Bertz CT molecular complexity index is 291. The lowest BCUT2D eigenvalue weighted by Crippen LogP contribution is -2.24. The molecule has 0 bridgehead atoms. The molecular formula is C14H22N2. The quantitative estimate of drug-likeness (QED) is 0.544. The predicted molar refractivity (Wildman–Crippen MR) is 70.7 cm³/mol. The Morgan fingerprint density at radius 2 is 2.12 bits per heavy atom. The van der Waals surface area contributed by atoms with Crippen molar-refractivity contribution in [3.8, 4) is 0 Å². The highest BCUT2D eigenvalue weighted by atomic mass is 15.1. The van der Waals surface area contributed by atoms with E-state index in [1.165, 1.54) is 19.3 Å². The van der Waals surface area contributed by atoms with E-state index in [0.717, 1.165) is 5.70 Å². The third kappa shape index (κ3) is 3.61. The van der Waals surface area contributed by atoms with Gasteiger partial charge < -0.3 is 10.2 Å². The van der Waals surface area contributed by atoms with Gasteiger partial charge in [0.1, 0.15) is 0 Å². The largest absolute Gasteiger partial charge is 0.377 e. The lowest BCUT2D eigenvalue weighted by molar-refractivity contribution is 0.330. The predicted octanol–water partition coefficient (Wildman–Crippen LogP) is 3.03. The normalized spacial score (nSPS) is 24.3. The van der Waals surface area contributed by atoms with Crippen LogP contribution in [0.4, 0.5) is 0 Å². The SMILES string of the molecule is C=CNC(=C)/C=C\N(C)C1CCC(C=C)C1. The molecule has 1 rings (SSSR count). The van der Waals surface area contributed by atoms with Crippen molar-refractivity contribution in [3.63, 3.8) is 0 Å². The van der Waals surface area contributed by atoms with Crippen LogP contribution in [0.3, 0.4) is 0 Å². The van der Waals surface area contributed by atoms with Crippen LogP contribution in [0.5, 0.6) is 0 Å². The Morgan fingerprint density at radius 3 is 2.69 bits per heavy atom. The standard InChI is InChI=1S/C14H22N2/c1-5-13-7-8-14(11-13)16(4)10-9-12(3)15-6-2/h5-6,9-10,13-15H,1-3,7-8,11H2,4H3/b10-9-. The summed E-state index contributed by atoms with van der Waals surface area (Å²) >= 11 is 0. The number of nitrogens with zero attached hydrogens (tertiary/aromatic N) is 1. The third-order valence-electron chi connectivity index (χ3n) is 3.15. The Labute approximate surface area is 99.0 Å². The van der Waals surface area contributed by atoms with Crippen LogP contribution in [0, 0.1) is 5.92 Å². The first-order valence-corrected chi connectivity index (χ1v) is 5.76. The van der Waals surface area contributed by atoms with Crippen LogP contribution in [0.1, 0.15) is 19.3 Å². The van der Waals surface area contributed by atoms with E-state index in [-0.39, 0.29) is 0 Å². The van der Waals surface area contributed by atoms with Crippen LogP contribution in [-0.4, -0.2) is 18.0 Å². The first-order chi connectivity index (χ1) is 7.67. The van der Waals surface area contributed by atoms with E-state index in [1.807, 2.05) is 6.08 Å². The molecule has 0 aliphatic heterocycles. The van der Waals surface area contributed by atoms with Gasteiger partial charge in [0.15, 0.2) is 0 Å². The molecule has 2 atom stereocenters. The summed E-state index contributed by atoms with van der Waals surface area (Å²) in [7, 11) is 2.12. The van der Waals surface area contributed by atoms with Gasteiger partial charge in [-0.05, 0) is 37.5 Å². The van der Waals surface area contributed by atoms with E-state index in [4.69, 9.17) is 0 Å². The zero-order valence-electron chi connectivity index (χ0n) is 10.2. The van der Waals surface area contributed by atoms with Crippen molar-refractivity contribution in [2.75, 3.05) is 7.05 Å². The Kier molecular flexibility index (Phi) is 4.90. The molecule has 0 aromatic carbocycles. The lowest BCUT2D eigenvalue weighted by atomic mass is 10.1. The molecule has 1 fully saturated rings. The Balaban J connectivity index is 2.40. The lowest BCUT2D eigenvalue weighted by Gasteiger charge is -2.22. The maximum atomic E-state index is 3.86. The fourth-order valence-electron chi connectivity index (χ4n) is 2.08. The molecule has 1 aliphatic rings. The molecule has 1 saturated carbocycles. The van der Waals surface area contributed by atoms with Crippen LogP contribution in [-0.2, 0) is 0 Å². The monoisotopic (exact) mass is 218 g/mol. The summed E-state index contributed by atoms with van der Waals surface area (Å²) in [5, 5.41) is 2.95. The van der Waals surface area contributed by atoms with Crippen molar-refractivity contribution >= 4 is 0 Å². The zero-order valence-corrected chi connectivity index (χ0v) is 10.2. The second-order valence-electron chi connectivity index (χ2n) is 4.32. The summed E-state index contributed by atoms with van der Waals surface area (Å²) < 4.78 is 0. The average molecular weight is 218 g/mol. The maximum absolute atomic E-state index is 3.86. The molecule has 0 aromatic heterocycles. The summed E-state index contributed by atoms with van der Waals surface area (Å²) in [5.41, 5.74) is 0.861. The van der Waals surface area contributed by atoms with Gasteiger partial charge in [-0.3, -0.25) is 0 Å². The van der Waals surface area contributed by atoms with Gasteiger partial charge in [-0.1, -0.05) is 19.2 Å². The molecule has 0 spiro atoms. The fraction of sp³-hybridized carbons (Fsp3) is 0.429. The minimum absolute atomic E-state index is 0.635. The van der Waals surface area contributed by atoms with E-state index >= 15 is 0 Å². The first-order valence-electron chi connectivity index (χ1n) is 5.76. The molecule has 0 saturated heterocycles. The summed E-state index contributed by atoms with van der Waals surface area (Å²) in [5.74, 6) is 0.690. The molecule has 88 valence electrons. The van der Waals surface area contributed by atoms with Crippen LogP contribution >= 0.6 is 0 Å². The minimum atomic E-state index is 0.635. The average Bonchev–Trinajstić information content (AvgIpc) is 2.75. The highest BCUT2D eigenvalue weighted by Crippen LogP contribution is 2.29. The molecule has 0 heterocycles. The topological polar surface area (TPSA) is 15.3 Å². The highest BCUT2D eigenvalue weighted by Gasteiger charge is 2.24. The van der Waals surface area contributed by atoms with E-state index in [9.17, 15) is 0 Å². The van der Waals surface area contributed by atoms with Crippen molar-refractivity contribution in [2.45, 2.75) is 25.3 Å². The van der Waals surface area contributed by atoms with Crippen LogP contribution in [0.15, 0.2) is 50.0 Å². The van der Waals surface area contributed by atoms with Crippen molar-refractivity contribution < 1.29 is 0 Å². The van der Waals surface area contributed by atoms with Gasteiger partial charge in [-0.15, -0.1) is 6.58 Å². The minimum Gasteiger partial charge on any atom is -0.377 e. The van der Waals surface area contributed by atoms with E-state index in [0.29, 0.717) is 12.0 Å². The third-order valence-corrected chi connectivity index (χ3v) is 3.15. The number of allylic oxidation sites excluding steroid dienone is 2. The van der Waals surface area contributed by atoms with Crippen molar-refractivity contribution in [2.24, 2.45) is 5.92 Å². The second kappa shape index (κ2) is 6.21. The van der Waals surface area contributed by atoms with Crippen LogP contribution in [0.25, 0.3) is 0 Å².